The third kappa shape index (κ3) is 39.2. The summed E-state index contributed by atoms with van der Waals surface area (Å²) in [7, 11) is 1.32. The number of phosphoric ester groups is 1. The molecule has 0 bridgehead atoms. The molecule has 0 aromatic carbocycles. The monoisotopic (exact) mass is 750 g/mol. The van der Waals surface area contributed by atoms with E-state index in [1.807, 2.05) is 21.1 Å². The maximum atomic E-state index is 12.6. The fraction of sp³-hybridized carbons (Fsp3) is 0.698. The molecule has 52 heavy (non-hydrogen) atoms. The number of hydrogen-bond donors (Lipinski definition) is 0. The van der Waals surface area contributed by atoms with Gasteiger partial charge in [-0.1, -0.05) is 125 Å². The molecule has 2 atom stereocenters. The minimum Gasteiger partial charge on any atom is -0.756 e. The van der Waals surface area contributed by atoms with Crippen molar-refractivity contribution in [2.75, 3.05) is 54.1 Å². The van der Waals surface area contributed by atoms with Crippen molar-refractivity contribution in [3.8, 4) is 0 Å². The van der Waals surface area contributed by atoms with Crippen LogP contribution < -0.4 is 4.89 Å². The number of rotatable bonds is 36. The molecule has 0 spiro atoms. The van der Waals surface area contributed by atoms with Crippen LogP contribution in [0.4, 0.5) is 0 Å². The van der Waals surface area contributed by atoms with E-state index in [1.54, 1.807) is 0 Å². The molecular formula is C43H76NO7P. The van der Waals surface area contributed by atoms with Gasteiger partial charge in [0.1, 0.15) is 19.3 Å². The fourth-order valence-corrected chi connectivity index (χ4v) is 5.60. The Morgan fingerprint density at radius 1 is 0.615 bits per heavy atom. The van der Waals surface area contributed by atoms with Gasteiger partial charge in [-0.05, 0) is 77.0 Å². The molecule has 0 heterocycles. The molecule has 0 N–H and O–H groups in total. The summed E-state index contributed by atoms with van der Waals surface area (Å²) in [5.74, 6) is -0.360. The van der Waals surface area contributed by atoms with E-state index in [2.05, 4.69) is 86.8 Å². The molecule has 0 aliphatic rings. The van der Waals surface area contributed by atoms with Gasteiger partial charge in [-0.3, -0.25) is 9.36 Å². The lowest BCUT2D eigenvalue weighted by Crippen LogP contribution is -2.37. The van der Waals surface area contributed by atoms with E-state index in [0.29, 0.717) is 24.1 Å². The number of nitrogens with zero attached hydrogens (tertiary/aromatic N) is 1. The molecular weight excluding hydrogens is 673 g/mol. The van der Waals surface area contributed by atoms with Gasteiger partial charge in [-0.15, -0.1) is 0 Å². The summed E-state index contributed by atoms with van der Waals surface area (Å²) in [6, 6.07) is 0. The molecule has 0 aromatic rings. The Morgan fingerprint density at radius 2 is 1.12 bits per heavy atom. The molecule has 8 nitrogen and oxygen atoms in total. The van der Waals surface area contributed by atoms with E-state index >= 15 is 0 Å². The summed E-state index contributed by atoms with van der Waals surface area (Å²) in [4.78, 5) is 24.9. The lowest BCUT2D eigenvalue weighted by atomic mass is 10.1. The molecule has 0 amide bonds. The number of hydrogen-bond acceptors (Lipinski definition) is 7. The Bertz CT molecular complexity index is 1060. The zero-order valence-electron chi connectivity index (χ0n) is 33.7. The van der Waals surface area contributed by atoms with E-state index in [0.717, 1.165) is 109 Å². The number of quaternary nitrogens is 1. The third-order valence-electron chi connectivity index (χ3n) is 7.97. The second-order valence-corrected chi connectivity index (χ2v) is 15.7. The maximum Gasteiger partial charge on any atom is 0.306 e. The first-order valence-corrected chi connectivity index (χ1v) is 21.6. The second-order valence-electron chi connectivity index (χ2n) is 14.3. The predicted molar refractivity (Wildman–Crippen MR) is 217 cm³/mol. The van der Waals surface area contributed by atoms with Crippen molar-refractivity contribution in [2.24, 2.45) is 0 Å². The summed E-state index contributed by atoms with van der Waals surface area (Å²) >= 11 is 0. The highest BCUT2D eigenvalue weighted by atomic mass is 31.2. The van der Waals surface area contributed by atoms with Crippen LogP contribution in [0.1, 0.15) is 136 Å². The minimum absolute atomic E-state index is 0.0152. The Morgan fingerprint density at radius 3 is 1.69 bits per heavy atom. The lowest BCUT2D eigenvalue weighted by Gasteiger charge is -2.28. The molecule has 0 fully saturated rings. The number of esters is 1. The average molecular weight is 750 g/mol. The standard InChI is InChI=1S/C43H76NO7P/c1-6-8-10-12-14-16-18-19-20-21-22-23-24-25-26-27-29-31-33-35-38-48-40-42(41-50-52(46,47)49-39-37-44(3,4)5)51-43(45)36-34-32-30-28-17-15-13-11-9-7-2/h8,10-11,13-14,16,19-20,22-23,25-26,42H,6-7,9,12,15,17-18,21,24,27-41H2,1-5H3/b10-8-,13-11-,16-14-,20-19-,23-22-,26-25-. The van der Waals surface area contributed by atoms with Crippen LogP contribution in [0.15, 0.2) is 72.9 Å². The zero-order valence-corrected chi connectivity index (χ0v) is 34.6. The fourth-order valence-electron chi connectivity index (χ4n) is 4.87. The summed E-state index contributed by atoms with van der Waals surface area (Å²) in [5, 5.41) is 0. The Balaban J connectivity index is 4.30. The highest BCUT2D eigenvalue weighted by Gasteiger charge is 2.20. The van der Waals surface area contributed by atoms with E-state index in [1.165, 1.54) is 6.42 Å². The minimum atomic E-state index is -4.53. The number of ether oxygens (including phenoxy) is 2. The van der Waals surface area contributed by atoms with Crippen LogP contribution in [0, 0.1) is 0 Å². The van der Waals surface area contributed by atoms with E-state index in [9.17, 15) is 14.3 Å². The van der Waals surface area contributed by atoms with Crippen LogP contribution in [0.3, 0.4) is 0 Å². The van der Waals surface area contributed by atoms with Crippen LogP contribution in [0.5, 0.6) is 0 Å². The quantitative estimate of drug-likeness (QED) is 0.0207. The summed E-state index contributed by atoms with van der Waals surface area (Å²) < 4.78 is 34.4. The Labute approximate surface area is 319 Å². The molecule has 0 saturated heterocycles. The third-order valence-corrected chi connectivity index (χ3v) is 8.94. The van der Waals surface area contributed by atoms with Crippen molar-refractivity contribution >= 4 is 13.8 Å². The molecule has 0 aromatic heterocycles. The van der Waals surface area contributed by atoms with Crippen molar-refractivity contribution < 1.29 is 37.3 Å². The smallest absolute Gasteiger partial charge is 0.306 e. The van der Waals surface area contributed by atoms with Crippen LogP contribution in [-0.4, -0.2) is 70.7 Å². The number of likely N-dealkylation sites (N-methyl/N-ethyl adjacent to an activating group) is 1. The average Bonchev–Trinajstić information content (AvgIpc) is 3.09. The summed E-state index contributed by atoms with van der Waals surface area (Å²) in [6.45, 7) is 5.12. The van der Waals surface area contributed by atoms with Gasteiger partial charge in [0.15, 0.2) is 0 Å². The lowest BCUT2D eigenvalue weighted by molar-refractivity contribution is -0.870. The van der Waals surface area contributed by atoms with Gasteiger partial charge in [0, 0.05) is 13.0 Å². The van der Waals surface area contributed by atoms with Gasteiger partial charge < -0.3 is 27.9 Å². The molecule has 0 radical (unpaired) electrons. The number of carbonyl (C=O) groups is 1. The molecule has 0 rings (SSSR count). The largest absolute Gasteiger partial charge is 0.756 e. The molecule has 2 unspecified atom stereocenters. The summed E-state index contributed by atoms with van der Waals surface area (Å²) in [6.07, 6.45) is 44.9. The van der Waals surface area contributed by atoms with Gasteiger partial charge in [0.2, 0.25) is 0 Å². The van der Waals surface area contributed by atoms with Gasteiger partial charge >= 0.3 is 5.97 Å². The van der Waals surface area contributed by atoms with Gasteiger partial charge in [-0.2, -0.15) is 0 Å². The van der Waals surface area contributed by atoms with Crippen LogP contribution >= 0.6 is 7.82 Å². The van der Waals surface area contributed by atoms with Crippen molar-refractivity contribution in [3.05, 3.63) is 72.9 Å². The van der Waals surface area contributed by atoms with E-state index in [-0.39, 0.29) is 25.8 Å². The van der Waals surface area contributed by atoms with Gasteiger partial charge in [0.25, 0.3) is 7.82 Å². The van der Waals surface area contributed by atoms with Crippen molar-refractivity contribution in [2.45, 2.75) is 142 Å². The first-order valence-electron chi connectivity index (χ1n) is 20.2. The number of unbranched alkanes of at least 4 members (excludes halogenated alkanes) is 10. The van der Waals surface area contributed by atoms with Crippen LogP contribution in [0.2, 0.25) is 0 Å². The number of phosphoric acid groups is 1. The second kappa shape index (κ2) is 35.9. The van der Waals surface area contributed by atoms with Crippen molar-refractivity contribution in [1.29, 1.82) is 0 Å². The highest BCUT2D eigenvalue weighted by molar-refractivity contribution is 7.45. The van der Waals surface area contributed by atoms with Crippen molar-refractivity contribution in [3.63, 3.8) is 0 Å². The predicted octanol–water partition coefficient (Wildman–Crippen LogP) is 10.9. The highest BCUT2D eigenvalue weighted by Crippen LogP contribution is 2.38. The first kappa shape index (κ1) is 49.9. The Hall–Kier alpha value is -2.06. The molecule has 0 saturated carbocycles. The molecule has 9 heteroatoms. The number of carbonyl (C=O) groups excluding carboxylic acids is 1. The zero-order chi connectivity index (χ0) is 38.4. The number of allylic oxidation sites excluding steroid dienone is 12. The molecule has 0 aliphatic heterocycles. The van der Waals surface area contributed by atoms with Gasteiger partial charge in [0.05, 0.1) is 34.4 Å². The topological polar surface area (TPSA) is 94.1 Å². The van der Waals surface area contributed by atoms with E-state index in [4.69, 9.17) is 18.5 Å². The van der Waals surface area contributed by atoms with Gasteiger partial charge in [-0.25, -0.2) is 0 Å². The normalized spacial score (nSPS) is 14.7. The Kier molecular flexibility index (Phi) is 34.5. The summed E-state index contributed by atoms with van der Waals surface area (Å²) in [5.41, 5.74) is 0. The molecule has 300 valence electrons. The molecule has 0 aliphatic carbocycles. The first-order chi connectivity index (χ1) is 25.1. The van der Waals surface area contributed by atoms with Crippen LogP contribution in [0.25, 0.3) is 0 Å². The van der Waals surface area contributed by atoms with Crippen molar-refractivity contribution in [1.82, 2.24) is 0 Å². The van der Waals surface area contributed by atoms with E-state index < -0.39 is 13.9 Å². The van der Waals surface area contributed by atoms with Crippen LogP contribution in [-0.2, 0) is 27.9 Å². The SMILES string of the molecule is CC/C=C\C/C=C\C/C=C\C/C=C\C/C=C\CCCCCCOCC(COP(=O)([O-])OCC[N+](C)(C)C)OC(=O)CCCCCCC/C=C\CCC. The maximum absolute atomic E-state index is 12.6.